The molecule has 0 unspecified atom stereocenters. The van der Waals surface area contributed by atoms with Crippen molar-refractivity contribution in [2.24, 2.45) is 0 Å². The molecule has 2 heterocycles. The van der Waals surface area contributed by atoms with Crippen LogP contribution in [0.5, 0.6) is 0 Å². The molecule has 2 N–H and O–H groups in total. The van der Waals surface area contributed by atoms with Crippen LogP contribution in [0.1, 0.15) is 78.1 Å². The van der Waals surface area contributed by atoms with Crippen molar-refractivity contribution in [1.82, 2.24) is 9.97 Å². The molecule has 7 nitrogen and oxygen atoms in total. The molecule has 0 saturated carbocycles. The van der Waals surface area contributed by atoms with Crippen LogP contribution in [0.4, 0.5) is 0 Å². The first kappa shape index (κ1) is 19.4. The van der Waals surface area contributed by atoms with Gasteiger partial charge in [-0.1, -0.05) is 0 Å². The number of aryl methyl sites for hydroxylation is 2. The fourth-order valence-corrected chi connectivity index (χ4v) is 3.31. The second kappa shape index (κ2) is 7.11. The van der Waals surface area contributed by atoms with Crippen molar-refractivity contribution in [2.75, 3.05) is 6.61 Å². The SMILES string of the molecule is CC(=O)c1c(C)[nH]c(C(=O)COC(=O)c2[nH]c(C)c(C(C)=O)c2C)c1C. The zero-order valence-electron chi connectivity index (χ0n) is 15.7. The van der Waals surface area contributed by atoms with E-state index in [0.29, 0.717) is 33.6 Å². The summed E-state index contributed by atoms with van der Waals surface area (Å²) in [5.74, 6) is -1.43. The van der Waals surface area contributed by atoms with E-state index in [1.165, 1.54) is 13.8 Å². The van der Waals surface area contributed by atoms with Gasteiger partial charge in [0.2, 0.25) is 5.78 Å². The monoisotopic (exact) mass is 358 g/mol. The molecule has 0 radical (unpaired) electrons. The van der Waals surface area contributed by atoms with E-state index in [1.807, 2.05) is 0 Å². The number of hydrogen-bond acceptors (Lipinski definition) is 5. The highest BCUT2D eigenvalue weighted by atomic mass is 16.5. The predicted molar refractivity (Wildman–Crippen MR) is 95.2 cm³/mol. The molecule has 0 amide bonds. The maximum absolute atomic E-state index is 12.4. The molecule has 0 spiro atoms. The smallest absolute Gasteiger partial charge is 0.355 e. The lowest BCUT2D eigenvalue weighted by atomic mass is 10.1. The number of nitrogens with one attached hydrogen (secondary N) is 2. The van der Waals surface area contributed by atoms with Gasteiger partial charge in [-0.3, -0.25) is 14.4 Å². The van der Waals surface area contributed by atoms with Crippen molar-refractivity contribution in [1.29, 1.82) is 0 Å². The molecule has 0 atom stereocenters. The topological polar surface area (TPSA) is 109 Å². The Labute approximate surface area is 151 Å². The van der Waals surface area contributed by atoms with Crippen LogP contribution in [-0.4, -0.2) is 39.9 Å². The number of ketones is 3. The molecule has 0 aromatic carbocycles. The Hall–Kier alpha value is -2.96. The van der Waals surface area contributed by atoms with Gasteiger partial charge in [0.1, 0.15) is 5.69 Å². The molecule has 0 bridgehead atoms. The van der Waals surface area contributed by atoms with E-state index in [2.05, 4.69) is 9.97 Å². The quantitative estimate of drug-likeness (QED) is 0.609. The molecule has 0 aliphatic heterocycles. The van der Waals surface area contributed by atoms with Crippen LogP contribution in [0, 0.1) is 27.7 Å². The van der Waals surface area contributed by atoms with Gasteiger partial charge in [-0.15, -0.1) is 0 Å². The first-order valence-electron chi connectivity index (χ1n) is 8.16. The van der Waals surface area contributed by atoms with Gasteiger partial charge in [0.15, 0.2) is 18.2 Å². The lowest BCUT2D eigenvalue weighted by molar-refractivity contribution is 0.0467. The number of Topliss-reactive ketones (excluding diaryl/α,β-unsaturated/α-hetero) is 3. The number of H-pyrrole nitrogens is 2. The van der Waals surface area contributed by atoms with Crippen molar-refractivity contribution in [2.45, 2.75) is 41.5 Å². The van der Waals surface area contributed by atoms with Gasteiger partial charge in [-0.05, 0) is 52.7 Å². The van der Waals surface area contributed by atoms with Crippen molar-refractivity contribution >= 4 is 23.3 Å². The second-order valence-corrected chi connectivity index (χ2v) is 6.36. The lowest BCUT2D eigenvalue weighted by Crippen LogP contribution is -2.16. The molecule has 2 rings (SSSR count). The van der Waals surface area contributed by atoms with E-state index in [9.17, 15) is 19.2 Å². The Bertz CT molecular complexity index is 854. The summed E-state index contributed by atoms with van der Waals surface area (Å²) in [6.45, 7) is 9.11. The van der Waals surface area contributed by atoms with Crippen LogP contribution in [0.2, 0.25) is 0 Å². The van der Waals surface area contributed by atoms with E-state index in [4.69, 9.17) is 4.74 Å². The Morgan fingerprint density at radius 2 is 1.19 bits per heavy atom. The summed E-state index contributed by atoms with van der Waals surface area (Å²) < 4.78 is 5.10. The Kier molecular flexibility index (Phi) is 5.30. The van der Waals surface area contributed by atoms with E-state index >= 15 is 0 Å². The van der Waals surface area contributed by atoms with Gasteiger partial charge in [-0.2, -0.15) is 0 Å². The Morgan fingerprint density at radius 1 is 0.769 bits per heavy atom. The highest BCUT2D eigenvalue weighted by Gasteiger charge is 2.24. The van der Waals surface area contributed by atoms with Crippen LogP contribution < -0.4 is 0 Å². The van der Waals surface area contributed by atoms with Gasteiger partial charge < -0.3 is 14.7 Å². The number of hydrogen-bond donors (Lipinski definition) is 2. The molecule has 138 valence electrons. The molecule has 0 aliphatic rings. The van der Waals surface area contributed by atoms with E-state index in [1.54, 1.807) is 27.7 Å². The molecule has 2 aromatic heterocycles. The summed E-state index contributed by atoms with van der Waals surface area (Å²) >= 11 is 0. The second-order valence-electron chi connectivity index (χ2n) is 6.36. The summed E-state index contributed by atoms with van der Waals surface area (Å²) in [6, 6.07) is 0. The third-order valence-electron chi connectivity index (χ3n) is 4.40. The molecule has 0 saturated heterocycles. The molecule has 26 heavy (non-hydrogen) atoms. The van der Waals surface area contributed by atoms with Gasteiger partial charge in [0, 0.05) is 22.5 Å². The highest BCUT2D eigenvalue weighted by molar-refractivity contribution is 6.05. The van der Waals surface area contributed by atoms with E-state index in [0.717, 1.165) is 0 Å². The molecule has 7 heteroatoms. The number of ether oxygens (including phenoxy) is 1. The molecule has 0 fully saturated rings. The number of rotatable bonds is 6. The summed E-state index contributed by atoms with van der Waals surface area (Å²) in [4.78, 5) is 53.7. The third-order valence-corrected chi connectivity index (χ3v) is 4.40. The first-order valence-corrected chi connectivity index (χ1v) is 8.16. The van der Waals surface area contributed by atoms with Crippen molar-refractivity contribution in [3.05, 3.63) is 45.0 Å². The summed E-state index contributed by atoms with van der Waals surface area (Å²) in [7, 11) is 0. The molecule has 2 aromatic rings. The van der Waals surface area contributed by atoms with Crippen LogP contribution in [0.3, 0.4) is 0 Å². The molecular weight excluding hydrogens is 336 g/mol. The normalized spacial score (nSPS) is 10.7. The number of carbonyl (C=O) groups excluding carboxylic acids is 4. The first-order chi connectivity index (χ1) is 12.1. The van der Waals surface area contributed by atoms with Gasteiger partial charge in [0.25, 0.3) is 0 Å². The maximum atomic E-state index is 12.4. The minimum atomic E-state index is -0.709. The van der Waals surface area contributed by atoms with E-state index < -0.39 is 18.4 Å². The zero-order chi connectivity index (χ0) is 19.8. The number of aromatic nitrogens is 2. The molecular formula is C19H22N2O5. The molecule has 0 aliphatic carbocycles. The summed E-state index contributed by atoms with van der Waals surface area (Å²) in [6.07, 6.45) is 0. The largest absolute Gasteiger partial charge is 0.453 e. The predicted octanol–water partition coefficient (Wildman–Crippen LogP) is 3.02. The lowest BCUT2D eigenvalue weighted by Gasteiger charge is -2.04. The average Bonchev–Trinajstić information content (AvgIpc) is 3.00. The van der Waals surface area contributed by atoms with Gasteiger partial charge in [0.05, 0.1) is 5.69 Å². The Balaban J connectivity index is 2.17. The van der Waals surface area contributed by atoms with Crippen molar-refractivity contribution in [3.63, 3.8) is 0 Å². The van der Waals surface area contributed by atoms with Crippen LogP contribution in [-0.2, 0) is 4.74 Å². The number of esters is 1. The van der Waals surface area contributed by atoms with E-state index in [-0.39, 0.29) is 23.0 Å². The number of carbonyl (C=O) groups is 4. The average molecular weight is 358 g/mol. The van der Waals surface area contributed by atoms with Crippen molar-refractivity contribution < 1.29 is 23.9 Å². The maximum Gasteiger partial charge on any atom is 0.355 e. The fraction of sp³-hybridized carbons (Fsp3) is 0.368. The fourth-order valence-electron chi connectivity index (χ4n) is 3.31. The zero-order valence-corrected chi connectivity index (χ0v) is 15.7. The minimum absolute atomic E-state index is 0.137. The Morgan fingerprint density at radius 3 is 1.62 bits per heavy atom. The minimum Gasteiger partial charge on any atom is -0.453 e. The van der Waals surface area contributed by atoms with Gasteiger partial charge >= 0.3 is 5.97 Å². The third kappa shape index (κ3) is 3.37. The number of aromatic amines is 2. The standard InChI is InChI=1S/C19H22N2O5/c1-8-15(12(5)22)10(3)20-17(8)14(24)7-26-19(25)18-9(2)16(13(6)23)11(4)21-18/h20-21H,7H2,1-6H3. The van der Waals surface area contributed by atoms with Crippen LogP contribution in [0.25, 0.3) is 0 Å². The van der Waals surface area contributed by atoms with Crippen LogP contribution >= 0.6 is 0 Å². The van der Waals surface area contributed by atoms with Gasteiger partial charge in [-0.25, -0.2) is 4.79 Å². The summed E-state index contributed by atoms with van der Waals surface area (Å²) in [5, 5.41) is 0. The summed E-state index contributed by atoms with van der Waals surface area (Å²) in [5.41, 5.74) is 3.56. The highest BCUT2D eigenvalue weighted by Crippen LogP contribution is 2.21. The van der Waals surface area contributed by atoms with Crippen molar-refractivity contribution in [3.8, 4) is 0 Å². The van der Waals surface area contributed by atoms with Crippen LogP contribution in [0.15, 0.2) is 0 Å².